The number of thioether (sulfide) groups is 1. The topological polar surface area (TPSA) is 48.9 Å². The Labute approximate surface area is 99.3 Å². The highest BCUT2D eigenvalue weighted by molar-refractivity contribution is 7.98. The number of aryl methyl sites for hydroxylation is 1. The Balaban J connectivity index is 2.08. The van der Waals surface area contributed by atoms with Crippen molar-refractivity contribution < 1.29 is 5.11 Å². The molecule has 16 heavy (non-hydrogen) atoms. The molecule has 1 aromatic carbocycles. The Kier molecular flexibility index (Phi) is 3.51. The number of hydrogen-bond acceptors (Lipinski definition) is 3. The van der Waals surface area contributed by atoms with Crippen LogP contribution in [-0.2, 0) is 5.75 Å². The second-order valence-electron chi connectivity index (χ2n) is 4.07. The van der Waals surface area contributed by atoms with Crippen molar-refractivity contribution in [3.05, 3.63) is 29.6 Å². The fourth-order valence-electron chi connectivity index (χ4n) is 1.57. The van der Waals surface area contributed by atoms with Crippen LogP contribution < -0.4 is 0 Å². The van der Waals surface area contributed by atoms with Gasteiger partial charge in [-0.1, -0.05) is 6.07 Å². The number of aromatic amines is 1. The van der Waals surface area contributed by atoms with E-state index in [4.69, 9.17) is 5.11 Å². The van der Waals surface area contributed by atoms with E-state index in [9.17, 15) is 0 Å². The largest absolute Gasteiger partial charge is 0.393 e. The van der Waals surface area contributed by atoms with E-state index in [1.54, 1.807) is 18.7 Å². The molecule has 0 fully saturated rings. The summed E-state index contributed by atoms with van der Waals surface area (Å²) in [4.78, 5) is 7.79. The first-order valence-electron chi connectivity index (χ1n) is 5.36. The fourth-order valence-corrected chi connectivity index (χ4v) is 2.36. The molecule has 4 heteroatoms. The fraction of sp³-hybridized carbons (Fsp3) is 0.417. The van der Waals surface area contributed by atoms with Gasteiger partial charge in [-0.2, -0.15) is 11.8 Å². The van der Waals surface area contributed by atoms with Gasteiger partial charge in [0.2, 0.25) is 0 Å². The molecule has 0 aliphatic carbocycles. The first kappa shape index (κ1) is 11.5. The smallest absolute Gasteiger partial charge is 0.117 e. The van der Waals surface area contributed by atoms with Crippen LogP contribution >= 0.6 is 11.8 Å². The van der Waals surface area contributed by atoms with Gasteiger partial charge in [0.15, 0.2) is 0 Å². The highest BCUT2D eigenvalue weighted by atomic mass is 32.2. The molecular formula is C12H16N2OS. The van der Waals surface area contributed by atoms with E-state index in [2.05, 4.69) is 29.0 Å². The van der Waals surface area contributed by atoms with Gasteiger partial charge in [-0.25, -0.2) is 4.98 Å². The molecule has 0 spiro atoms. The highest BCUT2D eigenvalue weighted by Gasteiger charge is 2.03. The summed E-state index contributed by atoms with van der Waals surface area (Å²) < 4.78 is 0. The van der Waals surface area contributed by atoms with E-state index in [-0.39, 0.29) is 6.10 Å². The van der Waals surface area contributed by atoms with E-state index >= 15 is 0 Å². The maximum absolute atomic E-state index is 9.16. The maximum atomic E-state index is 9.16. The van der Waals surface area contributed by atoms with Gasteiger partial charge >= 0.3 is 0 Å². The number of aliphatic hydroxyl groups excluding tert-OH is 1. The Morgan fingerprint density at radius 2 is 2.31 bits per heavy atom. The van der Waals surface area contributed by atoms with Crippen LogP contribution in [-0.4, -0.2) is 26.9 Å². The molecule has 0 amide bonds. The van der Waals surface area contributed by atoms with Gasteiger partial charge in [0, 0.05) is 5.75 Å². The van der Waals surface area contributed by atoms with Crippen molar-refractivity contribution in [2.75, 3.05) is 5.75 Å². The molecule has 3 nitrogen and oxygen atoms in total. The van der Waals surface area contributed by atoms with Crippen LogP contribution in [0.5, 0.6) is 0 Å². The van der Waals surface area contributed by atoms with Gasteiger partial charge in [0.1, 0.15) is 5.82 Å². The second-order valence-corrected chi connectivity index (χ2v) is 5.10. The minimum atomic E-state index is -0.253. The van der Waals surface area contributed by atoms with Gasteiger partial charge in [0.25, 0.3) is 0 Å². The molecule has 2 aromatic rings. The number of nitrogens with one attached hydrogen (secondary N) is 1. The van der Waals surface area contributed by atoms with Crippen molar-refractivity contribution in [1.29, 1.82) is 0 Å². The summed E-state index contributed by atoms with van der Waals surface area (Å²) in [5, 5.41) is 9.16. The van der Waals surface area contributed by atoms with Crippen LogP contribution in [0.3, 0.4) is 0 Å². The standard InChI is InChI=1S/C12H16N2OS/c1-8-3-4-10-11(5-8)14-12(13-10)7-16-6-9(2)15/h3-5,9,15H,6-7H2,1-2H3,(H,13,14). The van der Waals surface area contributed by atoms with Crippen LogP contribution in [0.25, 0.3) is 11.0 Å². The van der Waals surface area contributed by atoms with Crippen molar-refractivity contribution in [2.24, 2.45) is 0 Å². The first-order valence-corrected chi connectivity index (χ1v) is 6.51. The quantitative estimate of drug-likeness (QED) is 0.857. The lowest BCUT2D eigenvalue weighted by atomic mass is 10.2. The molecule has 0 saturated carbocycles. The van der Waals surface area contributed by atoms with Crippen LogP contribution in [0.1, 0.15) is 18.3 Å². The summed E-state index contributed by atoms with van der Waals surface area (Å²) in [7, 11) is 0. The summed E-state index contributed by atoms with van der Waals surface area (Å²) in [5.41, 5.74) is 3.34. The third kappa shape index (κ3) is 2.77. The predicted molar refractivity (Wildman–Crippen MR) is 68.7 cm³/mol. The van der Waals surface area contributed by atoms with E-state index < -0.39 is 0 Å². The van der Waals surface area contributed by atoms with E-state index in [1.807, 2.05) is 6.07 Å². The van der Waals surface area contributed by atoms with Gasteiger partial charge in [-0.15, -0.1) is 0 Å². The number of imidazole rings is 1. The first-order chi connectivity index (χ1) is 7.65. The average molecular weight is 236 g/mol. The number of nitrogens with zero attached hydrogens (tertiary/aromatic N) is 1. The molecular weight excluding hydrogens is 220 g/mol. The van der Waals surface area contributed by atoms with Gasteiger partial charge < -0.3 is 10.1 Å². The predicted octanol–water partition coefficient (Wildman–Crippen LogP) is 2.49. The van der Waals surface area contributed by atoms with E-state index in [0.29, 0.717) is 0 Å². The lowest BCUT2D eigenvalue weighted by Crippen LogP contribution is -2.03. The van der Waals surface area contributed by atoms with Gasteiger partial charge in [0.05, 0.1) is 22.9 Å². The molecule has 0 aliphatic rings. The summed E-state index contributed by atoms with van der Waals surface area (Å²) in [6.45, 7) is 3.87. The maximum Gasteiger partial charge on any atom is 0.117 e. The molecule has 2 N–H and O–H groups in total. The minimum absolute atomic E-state index is 0.253. The van der Waals surface area contributed by atoms with Crippen LogP contribution in [0.15, 0.2) is 18.2 Å². The van der Waals surface area contributed by atoms with Crippen molar-refractivity contribution in [3.63, 3.8) is 0 Å². The van der Waals surface area contributed by atoms with Gasteiger partial charge in [-0.3, -0.25) is 0 Å². The number of hydrogen-bond donors (Lipinski definition) is 2. The van der Waals surface area contributed by atoms with Gasteiger partial charge in [-0.05, 0) is 31.5 Å². The minimum Gasteiger partial charge on any atom is -0.393 e. The SMILES string of the molecule is Cc1ccc2nc(CSCC(C)O)[nH]c2c1. The molecule has 2 rings (SSSR count). The normalized spacial score (nSPS) is 13.2. The average Bonchev–Trinajstić information content (AvgIpc) is 2.58. The van der Waals surface area contributed by atoms with Crippen LogP contribution in [0, 0.1) is 6.92 Å². The molecule has 86 valence electrons. The van der Waals surface area contributed by atoms with Crippen LogP contribution in [0.2, 0.25) is 0 Å². The molecule has 0 radical (unpaired) electrons. The number of rotatable bonds is 4. The monoisotopic (exact) mass is 236 g/mol. The molecule has 1 unspecified atom stereocenters. The molecule has 0 bridgehead atoms. The summed E-state index contributed by atoms with van der Waals surface area (Å²) in [6.07, 6.45) is -0.253. The van der Waals surface area contributed by atoms with Crippen molar-refractivity contribution in [1.82, 2.24) is 9.97 Å². The number of benzene rings is 1. The molecule has 0 aliphatic heterocycles. The number of aromatic nitrogens is 2. The molecule has 0 saturated heterocycles. The van der Waals surface area contributed by atoms with E-state index in [1.165, 1.54) is 5.56 Å². The zero-order valence-corrected chi connectivity index (χ0v) is 10.3. The molecule has 1 aromatic heterocycles. The Morgan fingerprint density at radius 3 is 3.06 bits per heavy atom. The van der Waals surface area contributed by atoms with Crippen LogP contribution in [0.4, 0.5) is 0 Å². The second kappa shape index (κ2) is 4.89. The Hall–Kier alpha value is -1.00. The molecule has 1 atom stereocenters. The van der Waals surface area contributed by atoms with Crippen molar-refractivity contribution in [2.45, 2.75) is 25.7 Å². The lowest BCUT2D eigenvalue weighted by molar-refractivity contribution is 0.220. The van der Waals surface area contributed by atoms with Crippen molar-refractivity contribution >= 4 is 22.8 Å². The Bertz CT molecular complexity index is 479. The zero-order valence-electron chi connectivity index (χ0n) is 9.53. The number of H-pyrrole nitrogens is 1. The number of aliphatic hydroxyl groups is 1. The third-order valence-electron chi connectivity index (χ3n) is 2.28. The summed E-state index contributed by atoms with van der Waals surface area (Å²) >= 11 is 1.69. The Morgan fingerprint density at radius 1 is 1.50 bits per heavy atom. The highest BCUT2D eigenvalue weighted by Crippen LogP contribution is 2.17. The molecule has 1 heterocycles. The van der Waals surface area contributed by atoms with E-state index in [0.717, 1.165) is 28.4 Å². The van der Waals surface area contributed by atoms with Crippen molar-refractivity contribution in [3.8, 4) is 0 Å². The zero-order chi connectivity index (χ0) is 11.5. The third-order valence-corrected chi connectivity index (χ3v) is 3.48. The summed E-state index contributed by atoms with van der Waals surface area (Å²) in [6, 6.07) is 6.20. The summed E-state index contributed by atoms with van der Waals surface area (Å²) in [5.74, 6) is 2.54. The number of fused-ring (bicyclic) bond motifs is 1. The lowest BCUT2D eigenvalue weighted by Gasteiger charge is -2.01.